The molecule has 0 spiro atoms. The van der Waals surface area contributed by atoms with E-state index >= 15 is 0 Å². The Morgan fingerprint density at radius 3 is 2.38 bits per heavy atom. The molecule has 1 heterocycles. The van der Waals surface area contributed by atoms with Crippen molar-refractivity contribution in [2.45, 2.75) is 19.3 Å². The quantitative estimate of drug-likeness (QED) is 0.874. The summed E-state index contributed by atoms with van der Waals surface area (Å²) in [5.41, 5.74) is 0.554. The number of benzene rings is 1. The molecular formula is C16H23NO4. The van der Waals surface area contributed by atoms with Gasteiger partial charge < -0.3 is 19.5 Å². The highest BCUT2D eigenvalue weighted by molar-refractivity contribution is 5.95. The molecule has 1 amide bonds. The van der Waals surface area contributed by atoms with Crippen molar-refractivity contribution in [3.63, 3.8) is 0 Å². The molecule has 1 aromatic rings. The number of hydrogen-bond acceptors (Lipinski definition) is 4. The Bertz CT molecular complexity index is 447. The van der Waals surface area contributed by atoms with Gasteiger partial charge in [0, 0.05) is 31.4 Å². The lowest BCUT2D eigenvalue weighted by atomic mass is 9.97. The van der Waals surface area contributed by atoms with Crippen LogP contribution in [-0.4, -0.2) is 39.9 Å². The molecule has 0 unspecified atom stereocenters. The summed E-state index contributed by atoms with van der Waals surface area (Å²) in [6.45, 7) is 2.36. The van der Waals surface area contributed by atoms with Crippen molar-refractivity contribution < 1.29 is 19.0 Å². The predicted octanol–water partition coefficient (Wildman–Crippen LogP) is 2.25. The SMILES string of the molecule is COc1cc(OC)cc(C(=O)NCCC2CCOCC2)c1. The van der Waals surface area contributed by atoms with Crippen LogP contribution in [0.5, 0.6) is 11.5 Å². The van der Waals surface area contributed by atoms with Crippen LogP contribution in [0.2, 0.25) is 0 Å². The number of methoxy groups -OCH3 is 2. The lowest BCUT2D eigenvalue weighted by Gasteiger charge is -2.21. The van der Waals surface area contributed by atoms with Gasteiger partial charge in [0.05, 0.1) is 14.2 Å². The maximum atomic E-state index is 12.2. The van der Waals surface area contributed by atoms with Gasteiger partial charge in [0.1, 0.15) is 11.5 Å². The highest BCUT2D eigenvalue weighted by Crippen LogP contribution is 2.22. The summed E-state index contributed by atoms with van der Waals surface area (Å²) >= 11 is 0. The molecule has 0 atom stereocenters. The summed E-state index contributed by atoms with van der Waals surface area (Å²) in [6.07, 6.45) is 3.17. The molecule has 1 N–H and O–H groups in total. The zero-order valence-corrected chi connectivity index (χ0v) is 12.7. The summed E-state index contributed by atoms with van der Waals surface area (Å²) < 4.78 is 15.7. The number of rotatable bonds is 6. The third-order valence-corrected chi connectivity index (χ3v) is 3.79. The van der Waals surface area contributed by atoms with E-state index < -0.39 is 0 Å². The molecule has 1 fully saturated rings. The third kappa shape index (κ3) is 4.63. The number of amides is 1. The zero-order chi connectivity index (χ0) is 15.1. The van der Waals surface area contributed by atoms with Gasteiger partial charge in [-0.1, -0.05) is 0 Å². The fraction of sp³-hybridized carbons (Fsp3) is 0.562. The summed E-state index contributed by atoms with van der Waals surface area (Å²) in [5, 5.41) is 2.96. The lowest BCUT2D eigenvalue weighted by molar-refractivity contribution is 0.0636. The smallest absolute Gasteiger partial charge is 0.251 e. The van der Waals surface area contributed by atoms with Crippen LogP contribution >= 0.6 is 0 Å². The van der Waals surface area contributed by atoms with Crippen molar-refractivity contribution in [3.05, 3.63) is 23.8 Å². The fourth-order valence-corrected chi connectivity index (χ4v) is 2.47. The molecule has 1 aliphatic rings. The number of nitrogens with one attached hydrogen (secondary N) is 1. The molecule has 0 bridgehead atoms. The molecule has 0 aliphatic carbocycles. The molecule has 116 valence electrons. The summed E-state index contributed by atoms with van der Waals surface area (Å²) in [5.74, 6) is 1.78. The van der Waals surface area contributed by atoms with Gasteiger partial charge in [0.25, 0.3) is 5.91 Å². The van der Waals surface area contributed by atoms with Crippen molar-refractivity contribution in [3.8, 4) is 11.5 Å². The molecule has 5 nitrogen and oxygen atoms in total. The van der Waals surface area contributed by atoms with Crippen LogP contribution in [0, 0.1) is 5.92 Å². The van der Waals surface area contributed by atoms with Gasteiger partial charge >= 0.3 is 0 Å². The maximum absolute atomic E-state index is 12.2. The maximum Gasteiger partial charge on any atom is 0.251 e. The van der Waals surface area contributed by atoms with Gasteiger partial charge in [0.15, 0.2) is 0 Å². The van der Waals surface area contributed by atoms with Crippen LogP contribution in [0.4, 0.5) is 0 Å². The second-order valence-corrected chi connectivity index (χ2v) is 5.20. The van der Waals surface area contributed by atoms with Crippen molar-refractivity contribution in [2.24, 2.45) is 5.92 Å². The molecule has 5 heteroatoms. The predicted molar refractivity (Wildman–Crippen MR) is 80.0 cm³/mol. The first-order valence-electron chi connectivity index (χ1n) is 7.32. The highest BCUT2D eigenvalue weighted by atomic mass is 16.5. The monoisotopic (exact) mass is 293 g/mol. The first kappa shape index (κ1) is 15.6. The Labute approximate surface area is 125 Å². The van der Waals surface area contributed by atoms with Gasteiger partial charge in [-0.25, -0.2) is 0 Å². The lowest BCUT2D eigenvalue weighted by Crippen LogP contribution is -2.27. The van der Waals surface area contributed by atoms with E-state index in [9.17, 15) is 4.79 Å². The standard InChI is InChI=1S/C16H23NO4/c1-19-14-9-13(10-15(11-14)20-2)16(18)17-6-3-12-4-7-21-8-5-12/h9-12H,3-8H2,1-2H3,(H,17,18). The Morgan fingerprint density at radius 2 is 1.81 bits per heavy atom. The first-order valence-corrected chi connectivity index (χ1v) is 7.32. The molecule has 0 radical (unpaired) electrons. The van der Waals surface area contributed by atoms with Crippen LogP contribution < -0.4 is 14.8 Å². The zero-order valence-electron chi connectivity index (χ0n) is 12.7. The Hall–Kier alpha value is -1.75. The molecule has 0 saturated carbocycles. The van der Waals surface area contributed by atoms with Gasteiger partial charge in [-0.15, -0.1) is 0 Å². The van der Waals surface area contributed by atoms with E-state index in [1.165, 1.54) is 0 Å². The molecule has 1 aliphatic heterocycles. The normalized spacial score (nSPS) is 15.5. The highest BCUT2D eigenvalue weighted by Gasteiger charge is 2.14. The minimum Gasteiger partial charge on any atom is -0.497 e. The average Bonchev–Trinajstić information content (AvgIpc) is 2.55. The molecule has 0 aromatic heterocycles. The number of ether oxygens (including phenoxy) is 3. The number of carbonyl (C=O) groups is 1. The Kier molecular flexibility index (Phi) is 5.87. The van der Waals surface area contributed by atoms with Gasteiger partial charge in [0.2, 0.25) is 0 Å². The number of carbonyl (C=O) groups excluding carboxylic acids is 1. The van der Waals surface area contributed by atoms with Crippen molar-refractivity contribution in [2.75, 3.05) is 34.0 Å². The largest absolute Gasteiger partial charge is 0.497 e. The average molecular weight is 293 g/mol. The molecule has 1 aromatic carbocycles. The second-order valence-electron chi connectivity index (χ2n) is 5.20. The Morgan fingerprint density at radius 1 is 1.19 bits per heavy atom. The van der Waals surface area contributed by atoms with Crippen LogP contribution in [0.15, 0.2) is 18.2 Å². The van der Waals surface area contributed by atoms with E-state index in [1.807, 2.05) is 0 Å². The van der Waals surface area contributed by atoms with Crippen LogP contribution in [0.25, 0.3) is 0 Å². The summed E-state index contributed by atoms with van der Waals surface area (Å²) in [6, 6.07) is 5.18. The van der Waals surface area contributed by atoms with Gasteiger partial charge in [-0.3, -0.25) is 4.79 Å². The van der Waals surface area contributed by atoms with Crippen molar-refractivity contribution >= 4 is 5.91 Å². The number of hydrogen-bond donors (Lipinski definition) is 1. The third-order valence-electron chi connectivity index (χ3n) is 3.79. The van der Waals surface area contributed by atoms with E-state index in [1.54, 1.807) is 32.4 Å². The van der Waals surface area contributed by atoms with Crippen LogP contribution in [-0.2, 0) is 4.74 Å². The molecule has 21 heavy (non-hydrogen) atoms. The van der Waals surface area contributed by atoms with Gasteiger partial charge in [-0.05, 0) is 37.3 Å². The Balaban J connectivity index is 1.87. The van der Waals surface area contributed by atoms with Gasteiger partial charge in [-0.2, -0.15) is 0 Å². The van der Waals surface area contributed by atoms with E-state index in [-0.39, 0.29) is 5.91 Å². The van der Waals surface area contributed by atoms with Crippen molar-refractivity contribution in [1.29, 1.82) is 0 Å². The van der Waals surface area contributed by atoms with E-state index in [2.05, 4.69) is 5.32 Å². The molecule has 2 rings (SSSR count). The van der Waals surface area contributed by atoms with E-state index in [4.69, 9.17) is 14.2 Å². The van der Waals surface area contributed by atoms with Crippen LogP contribution in [0.1, 0.15) is 29.6 Å². The van der Waals surface area contributed by atoms with Crippen LogP contribution in [0.3, 0.4) is 0 Å². The summed E-state index contributed by atoms with van der Waals surface area (Å²) in [4.78, 5) is 12.2. The molecular weight excluding hydrogens is 270 g/mol. The van der Waals surface area contributed by atoms with E-state index in [0.717, 1.165) is 32.5 Å². The molecule has 1 saturated heterocycles. The summed E-state index contributed by atoms with van der Waals surface area (Å²) in [7, 11) is 3.14. The minimum absolute atomic E-state index is 0.0979. The van der Waals surface area contributed by atoms with Crippen molar-refractivity contribution in [1.82, 2.24) is 5.32 Å². The van der Waals surface area contributed by atoms with E-state index in [0.29, 0.717) is 29.5 Å². The first-order chi connectivity index (χ1) is 10.2. The minimum atomic E-state index is -0.0979. The topological polar surface area (TPSA) is 56.8 Å². The fourth-order valence-electron chi connectivity index (χ4n) is 2.47. The second kappa shape index (κ2) is 7.88.